The zero-order chi connectivity index (χ0) is 29.2. The summed E-state index contributed by atoms with van der Waals surface area (Å²) in [7, 11) is 0. The van der Waals surface area contributed by atoms with E-state index in [-0.39, 0.29) is 0 Å². The molecule has 10 aromatic rings. The average Bonchev–Trinajstić information content (AvgIpc) is 3.86. The molecule has 1 aliphatic carbocycles. The highest BCUT2D eigenvalue weighted by molar-refractivity contribution is 7.18. The van der Waals surface area contributed by atoms with Crippen molar-refractivity contribution in [2.75, 3.05) is 0 Å². The molecule has 0 aliphatic heterocycles. The average molecular weight is 595 g/mol. The van der Waals surface area contributed by atoms with Crippen molar-refractivity contribution in [1.82, 2.24) is 19.4 Å². The molecular formula is C39H22N4OS. The number of nitrogens with zero attached hydrogens (tertiary/aromatic N) is 4. The SMILES string of the molecule is C1=c2c(oc3ccccc23)=C(c2nc(-c3ccc4c(c3)c3cc5ncsc5c5c6ccccc6n4c35)nc3ccccc23)CC1. The second-order valence-corrected chi connectivity index (χ2v) is 12.8. The molecule has 0 atom stereocenters. The fraction of sp³-hybridized carbons (Fsp3) is 0.0513. The van der Waals surface area contributed by atoms with Crippen molar-refractivity contribution in [2.24, 2.45) is 0 Å². The van der Waals surface area contributed by atoms with Gasteiger partial charge in [0.25, 0.3) is 0 Å². The number of aromatic nitrogens is 4. The van der Waals surface area contributed by atoms with Gasteiger partial charge >= 0.3 is 0 Å². The van der Waals surface area contributed by atoms with Gasteiger partial charge in [0.2, 0.25) is 0 Å². The summed E-state index contributed by atoms with van der Waals surface area (Å²) < 4.78 is 10.2. The highest BCUT2D eigenvalue weighted by atomic mass is 32.1. The van der Waals surface area contributed by atoms with Gasteiger partial charge < -0.3 is 8.82 Å². The summed E-state index contributed by atoms with van der Waals surface area (Å²) in [5.41, 5.74) is 12.5. The minimum Gasteiger partial charge on any atom is -0.456 e. The lowest BCUT2D eigenvalue weighted by Gasteiger charge is -2.13. The Hall–Kier alpha value is -5.59. The van der Waals surface area contributed by atoms with E-state index in [9.17, 15) is 0 Å². The van der Waals surface area contributed by atoms with Crippen LogP contribution in [-0.4, -0.2) is 19.4 Å². The van der Waals surface area contributed by atoms with Crippen LogP contribution in [0.4, 0.5) is 0 Å². The van der Waals surface area contributed by atoms with E-state index in [1.54, 1.807) is 11.3 Å². The predicted molar refractivity (Wildman–Crippen MR) is 184 cm³/mol. The maximum Gasteiger partial charge on any atom is 0.160 e. The zero-order valence-corrected chi connectivity index (χ0v) is 24.7. The second-order valence-electron chi connectivity index (χ2n) is 11.9. The third-order valence-electron chi connectivity index (χ3n) is 9.56. The number of rotatable bonds is 2. The maximum atomic E-state index is 6.50. The van der Waals surface area contributed by atoms with E-state index in [0.29, 0.717) is 0 Å². The lowest BCUT2D eigenvalue weighted by molar-refractivity contribution is 0.568. The Labute approximate surface area is 259 Å². The number of hydrogen-bond acceptors (Lipinski definition) is 5. The van der Waals surface area contributed by atoms with E-state index in [0.717, 1.165) is 68.3 Å². The minimum absolute atomic E-state index is 0.721. The molecule has 1 aliphatic rings. The molecule has 0 fully saturated rings. The molecule has 0 radical (unpaired) electrons. The molecule has 5 heterocycles. The summed E-state index contributed by atoms with van der Waals surface area (Å²) >= 11 is 1.72. The van der Waals surface area contributed by atoms with E-state index in [1.165, 1.54) is 48.0 Å². The quantitative estimate of drug-likeness (QED) is 0.201. The number of benzene rings is 5. The highest BCUT2D eigenvalue weighted by Crippen LogP contribution is 2.44. The molecule has 5 nitrogen and oxygen atoms in total. The lowest BCUT2D eigenvalue weighted by atomic mass is 9.97. The Morgan fingerprint density at radius 1 is 0.711 bits per heavy atom. The maximum absolute atomic E-state index is 6.50. The summed E-state index contributed by atoms with van der Waals surface area (Å²) in [6, 6.07) is 34.3. The molecule has 6 heteroatoms. The van der Waals surface area contributed by atoms with Gasteiger partial charge in [0.05, 0.1) is 43.5 Å². The van der Waals surface area contributed by atoms with Gasteiger partial charge in [0.15, 0.2) is 5.82 Å². The lowest BCUT2D eigenvalue weighted by Crippen LogP contribution is -2.27. The Morgan fingerprint density at radius 2 is 1.53 bits per heavy atom. The summed E-state index contributed by atoms with van der Waals surface area (Å²) in [6.45, 7) is 0. The van der Waals surface area contributed by atoms with Gasteiger partial charge in [0.1, 0.15) is 11.0 Å². The van der Waals surface area contributed by atoms with Gasteiger partial charge in [-0.15, -0.1) is 11.3 Å². The molecule has 11 rings (SSSR count). The van der Waals surface area contributed by atoms with Crippen LogP contribution in [0.15, 0.2) is 107 Å². The van der Waals surface area contributed by atoms with Crippen LogP contribution in [0.25, 0.3) is 93.2 Å². The normalized spacial score (nSPS) is 13.7. The summed E-state index contributed by atoms with van der Waals surface area (Å²) in [6.07, 6.45) is 4.11. The van der Waals surface area contributed by atoms with E-state index >= 15 is 0 Å². The molecule has 5 aromatic heterocycles. The van der Waals surface area contributed by atoms with Crippen molar-refractivity contribution in [3.63, 3.8) is 0 Å². The van der Waals surface area contributed by atoms with Crippen LogP contribution in [-0.2, 0) is 0 Å². The fourth-order valence-electron chi connectivity index (χ4n) is 7.64. The van der Waals surface area contributed by atoms with E-state index in [1.807, 2.05) is 17.6 Å². The van der Waals surface area contributed by atoms with E-state index < -0.39 is 0 Å². The van der Waals surface area contributed by atoms with Gasteiger partial charge in [-0.05, 0) is 55.3 Å². The summed E-state index contributed by atoms with van der Waals surface area (Å²) in [4.78, 5) is 15.2. The first-order chi connectivity index (χ1) is 22.3. The van der Waals surface area contributed by atoms with Crippen molar-refractivity contribution in [2.45, 2.75) is 12.8 Å². The first-order valence-corrected chi connectivity index (χ1v) is 16.1. The number of hydrogen-bond donors (Lipinski definition) is 0. The van der Waals surface area contributed by atoms with E-state index in [4.69, 9.17) is 19.4 Å². The second kappa shape index (κ2) is 8.52. The Morgan fingerprint density at radius 3 is 2.49 bits per heavy atom. The van der Waals surface area contributed by atoms with Crippen LogP contribution in [0.2, 0.25) is 0 Å². The first-order valence-electron chi connectivity index (χ1n) is 15.2. The van der Waals surface area contributed by atoms with Crippen molar-refractivity contribution < 1.29 is 4.42 Å². The number of fused-ring (bicyclic) bond motifs is 12. The van der Waals surface area contributed by atoms with Crippen LogP contribution in [0.3, 0.4) is 0 Å². The van der Waals surface area contributed by atoms with Gasteiger partial charge in [0, 0.05) is 48.7 Å². The summed E-state index contributed by atoms with van der Waals surface area (Å²) in [5.74, 6) is 0.721. The molecule has 0 unspecified atom stereocenters. The third kappa shape index (κ3) is 3.09. The molecule has 0 N–H and O–H groups in total. The number of furan rings is 1. The van der Waals surface area contributed by atoms with Crippen LogP contribution in [0.5, 0.6) is 0 Å². The number of thiazole rings is 1. The Kier molecular flexibility index (Phi) is 4.51. The molecular weight excluding hydrogens is 573 g/mol. The van der Waals surface area contributed by atoms with Gasteiger partial charge in [-0.25, -0.2) is 15.0 Å². The minimum atomic E-state index is 0.721. The number of para-hydroxylation sites is 3. The van der Waals surface area contributed by atoms with Crippen molar-refractivity contribution in [1.29, 1.82) is 0 Å². The molecule has 45 heavy (non-hydrogen) atoms. The Balaban J connectivity index is 1.22. The van der Waals surface area contributed by atoms with E-state index in [2.05, 4.69) is 95.4 Å². The predicted octanol–water partition coefficient (Wildman–Crippen LogP) is 8.58. The molecule has 0 bridgehead atoms. The van der Waals surface area contributed by atoms with Crippen molar-refractivity contribution in [3.8, 4) is 11.4 Å². The molecule has 0 spiro atoms. The first kappa shape index (κ1) is 23.8. The van der Waals surface area contributed by atoms with Crippen LogP contribution in [0, 0.1) is 0 Å². The highest BCUT2D eigenvalue weighted by Gasteiger charge is 2.23. The van der Waals surface area contributed by atoms with Crippen LogP contribution in [0.1, 0.15) is 18.5 Å². The largest absolute Gasteiger partial charge is 0.456 e. The topological polar surface area (TPSA) is 56.2 Å². The molecule has 0 amide bonds. The smallest absolute Gasteiger partial charge is 0.160 e. The molecule has 210 valence electrons. The van der Waals surface area contributed by atoms with Crippen LogP contribution < -0.4 is 10.6 Å². The monoisotopic (exact) mass is 594 g/mol. The van der Waals surface area contributed by atoms with Gasteiger partial charge in [-0.3, -0.25) is 0 Å². The Bertz CT molecular complexity index is 3000. The standard InChI is InChI=1S/C39H22N4OS/c1-4-13-29-24(9-1)35(26-12-7-11-23-22-8-3-6-15-33(22)44-37(23)26)42-39(41-29)21-16-17-32-27(18-21)28-19-30-38(45-20-40-30)34-25-10-2-5-14-31(25)43(32)36(28)34/h1-6,8-11,13-20H,7,12H2. The molecule has 5 aromatic carbocycles. The molecule has 0 saturated heterocycles. The summed E-state index contributed by atoms with van der Waals surface area (Å²) in [5, 5.41) is 8.32. The zero-order valence-electron chi connectivity index (χ0n) is 23.9. The van der Waals surface area contributed by atoms with Crippen LogP contribution >= 0.6 is 11.3 Å². The molecule has 0 saturated carbocycles. The van der Waals surface area contributed by atoms with Gasteiger partial charge in [-0.2, -0.15) is 0 Å². The van der Waals surface area contributed by atoms with Crippen molar-refractivity contribution >= 4 is 93.2 Å². The van der Waals surface area contributed by atoms with Gasteiger partial charge in [-0.1, -0.05) is 60.7 Å². The third-order valence-corrected chi connectivity index (χ3v) is 10.4. The fourth-order valence-corrected chi connectivity index (χ4v) is 8.47. The van der Waals surface area contributed by atoms with Crippen molar-refractivity contribution in [3.05, 3.63) is 119 Å².